The highest BCUT2D eigenvalue weighted by molar-refractivity contribution is 5.67. The molecule has 0 saturated heterocycles. The van der Waals surface area contributed by atoms with Gasteiger partial charge in [-0.2, -0.15) is 4.98 Å². The van der Waals surface area contributed by atoms with Gasteiger partial charge in [-0.05, 0) is 6.07 Å². The van der Waals surface area contributed by atoms with E-state index in [1.807, 2.05) is 0 Å². The lowest BCUT2D eigenvalue weighted by molar-refractivity contribution is -0.384. The SMILES string of the molecule is COCC(N)Cc1nc(-c2ccccc2[N+](=O)[O-])no1. The fourth-order valence-electron chi connectivity index (χ4n) is 1.77. The molecule has 8 nitrogen and oxygen atoms in total. The lowest BCUT2D eigenvalue weighted by atomic mass is 10.1. The van der Waals surface area contributed by atoms with E-state index in [9.17, 15) is 10.1 Å². The van der Waals surface area contributed by atoms with E-state index in [2.05, 4.69) is 10.1 Å². The van der Waals surface area contributed by atoms with Crippen LogP contribution in [0.2, 0.25) is 0 Å². The molecule has 0 bridgehead atoms. The highest BCUT2D eigenvalue weighted by Crippen LogP contribution is 2.27. The summed E-state index contributed by atoms with van der Waals surface area (Å²) < 4.78 is 9.97. The largest absolute Gasteiger partial charge is 0.383 e. The number of hydrogen-bond donors (Lipinski definition) is 1. The monoisotopic (exact) mass is 278 g/mol. The molecule has 0 aliphatic carbocycles. The van der Waals surface area contributed by atoms with Crippen LogP contribution in [0.15, 0.2) is 28.8 Å². The zero-order valence-electron chi connectivity index (χ0n) is 10.9. The molecule has 1 heterocycles. The molecular formula is C12H14N4O4. The summed E-state index contributed by atoms with van der Waals surface area (Å²) in [6, 6.07) is 5.95. The second-order valence-corrected chi connectivity index (χ2v) is 4.21. The Labute approximate surface area is 114 Å². The van der Waals surface area contributed by atoms with Crippen molar-refractivity contribution in [2.24, 2.45) is 5.73 Å². The number of nitrogens with two attached hydrogens (primary N) is 1. The molecule has 2 rings (SSSR count). The van der Waals surface area contributed by atoms with Crippen LogP contribution < -0.4 is 5.73 Å². The highest BCUT2D eigenvalue weighted by atomic mass is 16.6. The molecule has 1 unspecified atom stereocenters. The van der Waals surface area contributed by atoms with Crippen molar-refractivity contribution < 1.29 is 14.2 Å². The fourth-order valence-corrected chi connectivity index (χ4v) is 1.77. The number of rotatable bonds is 6. The van der Waals surface area contributed by atoms with Crippen LogP contribution >= 0.6 is 0 Å². The van der Waals surface area contributed by atoms with E-state index in [1.165, 1.54) is 6.07 Å². The molecule has 1 aromatic carbocycles. The van der Waals surface area contributed by atoms with Gasteiger partial charge in [0.05, 0.1) is 11.5 Å². The molecule has 2 aromatic rings. The van der Waals surface area contributed by atoms with Gasteiger partial charge in [0.2, 0.25) is 11.7 Å². The van der Waals surface area contributed by atoms with Crippen LogP contribution in [-0.2, 0) is 11.2 Å². The van der Waals surface area contributed by atoms with Gasteiger partial charge in [-0.15, -0.1) is 0 Å². The Morgan fingerprint density at radius 2 is 2.25 bits per heavy atom. The summed E-state index contributed by atoms with van der Waals surface area (Å²) in [5.74, 6) is 0.500. The molecule has 8 heteroatoms. The summed E-state index contributed by atoms with van der Waals surface area (Å²) in [5.41, 5.74) is 6.03. The Morgan fingerprint density at radius 1 is 1.50 bits per heavy atom. The minimum atomic E-state index is -0.484. The summed E-state index contributed by atoms with van der Waals surface area (Å²) in [7, 11) is 1.55. The van der Waals surface area contributed by atoms with Crippen molar-refractivity contribution in [3.63, 3.8) is 0 Å². The van der Waals surface area contributed by atoms with Crippen molar-refractivity contribution >= 4 is 5.69 Å². The first-order valence-electron chi connectivity index (χ1n) is 5.92. The van der Waals surface area contributed by atoms with Gasteiger partial charge in [0.1, 0.15) is 5.56 Å². The first kappa shape index (κ1) is 14.1. The first-order chi connectivity index (χ1) is 9.61. The van der Waals surface area contributed by atoms with Crippen LogP contribution in [-0.4, -0.2) is 34.8 Å². The molecule has 0 saturated carbocycles. The van der Waals surface area contributed by atoms with E-state index in [0.717, 1.165) is 0 Å². The van der Waals surface area contributed by atoms with Crippen LogP contribution in [0.25, 0.3) is 11.4 Å². The van der Waals surface area contributed by atoms with E-state index < -0.39 is 4.92 Å². The molecule has 0 spiro atoms. The second kappa shape index (κ2) is 6.22. The van der Waals surface area contributed by atoms with Gasteiger partial charge >= 0.3 is 0 Å². The van der Waals surface area contributed by atoms with Gasteiger partial charge < -0.3 is 15.0 Å². The number of nitro benzene ring substituents is 1. The third kappa shape index (κ3) is 3.16. The van der Waals surface area contributed by atoms with Gasteiger partial charge in [-0.1, -0.05) is 17.3 Å². The minimum Gasteiger partial charge on any atom is -0.383 e. The van der Waals surface area contributed by atoms with Crippen LogP contribution in [0.4, 0.5) is 5.69 Å². The summed E-state index contributed by atoms with van der Waals surface area (Å²) in [4.78, 5) is 14.6. The smallest absolute Gasteiger partial charge is 0.280 e. The van der Waals surface area contributed by atoms with E-state index in [1.54, 1.807) is 25.3 Å². The number of para-hydroxylation sites is 1. The summed E-state index contributed by atoms with van der Waals surface area (Å²) in [6.07, 6.45) is 0.349. The standard InChI is InChI=1S/C12H14N4O4/c1-19-7-8(13)6-11-14-12(15-20-11)9-4-2-3-5-10(9)16(17)18/h2-5,8H,6-7,13H2,1H3. The van der Waals surface area contributed by atoms with Crippen LogP contribution in [0.3, 0.4) is 0 Å². The summed E-state index contributed by atoms with van der Waals surface area (Å²) >= 11 is 0. The second-order valence-electron chi connectivity index (χ2n) is 4.21. The molecule has 2 N–H and O–H groups in total. The topological polar surface area (TPSA) is 117 Å². The quantitative estimate of drug-likeness (QED) is 0.622. The average molecular weight is 278 g/mol. The number of ether oxygens (including phenoxy) is 1. The normalized spacial score (nSPS) is 12.3. The van der Waals surface area contributed by atoms with Crippen molar-refractivity contribution in [3.8, 4) is 11.4 Å². The van der Waals surface area contributed by atoms with Gasteiger partial charge in [0.25, 0.3) is 5.69 Å². The molecule has 0 amide bonds. The van der Waals surface area contributed by atoms with E-state index in [-0.39, 0.29) is 17.6 Å². The Hall–Kier alpha value is -2.32. The zero-order valence-corrected chi connectivity index (χ0v) is 10.9. The molecule has 106 valence electrons. The summed E-state index contributed by atoms with van der Waals surface area (Å²) in [6.45, 7) is 0.364. The molecule has 0 radical (unpaired) electrons. The Bertz CT molecular complexity index is 599. The fraction of sp³-hybridized carbons (Fsp3) is 0.333. The predicted octanol–water partition coefficient (Wildman–Crippen LogP) is 1.16. The lowest BCUT2D eigenvalue weighted by Crippen LogP contribution is -2.28. The molecule has 0 aliphatic heterocycles. The van der Waals surface area contributed by atoms with E-state index >= 15 is 0 Å². The van der Waals surface area contributed by atoms with Crippen LogP contribution in [0.5, 0.6) is 0 Å². The van der Waals surface area contributed by atoms with Crippen LogP contribution in [0, 0.1) is 10.1 Å². The molecule has 20 heavy (non-hydrogen) atoms. The number of nitro groups is 1. The molecule has 0 fully saturated rings. The zero-order chi connectivity index (χ0) is 14.5. The Morgan fingerprint density at radius 3 is 2.95 bits per heavy atom. The predicted molar refractivity (Wildman–Crippen MR) is 69.9 cm³/mol. The van der Waals surface area contributed by atoms with Gasteiger partial charge in [0, 0.05) is 25.6 Å². The molecule has 0 aliphatic rings. The van der Waals surface area contributed by atoms with Crippen molar-refractivity contribution in [1.82, 2.24) is 10.1 Å². The van der Waals surface area contributed by atoms with Gasteiger partial charge in [-0.25, -0.2) is 0 Å². The number of methoxy groups -OCH3 is 1. The van der Waals surface area contributed by atoms with Crippen molar-refractivity contribution in [2.45, 2.75) is 12.5 Å². The van der Waals surface area contributed by atoms with E-state index in [0.29, 0.717) is 24.5 Å². The number of nitrogens with zero attached hydrogens (tertiary/aromatic N) is 3. The van der Waals surface area contributed by atoms with Crippen LogP contribution in [0.1, 0.15) is 5.89 Å². The maximum absolute atomic E-state index is 10.9. The molecule has 1 aromatic heterocycles. The number of hydrogen-bond acceptors (Lipinski definition) is 7. The number of benzene rings is 1. The third-order valence-electron chi connectivity index (χ3n) is 2.63. The lowest BCUT2D eigenvalue weighted by Gasteiger charge is -2.05. The van der Waals surface area contributed by atoms with Crippen molar-refractivity contribution in [1.29, 1.82) is 0 Å². The number of aromatic nitrogens is 2. The molecular weight excluding hydrogens is 264 g/mol. The first-order valence-corrected chi connectivity index (χ1v) is 5.92. The third-order valence-corrected chi connectivity index (χ3v) is 2.63. The Kier molecular flexibility index (Phi) is 4.38. The average Bonchev–Trinajstić information content (AvgIpc) is 2.87. The van der Waals surface area contributed by atoms with Gasteiger partial charge in [-0.3, -0.25) is 10.1 Å². The van der Waals surface area contributed by atoms with Crippen molar-refractivity contribution in [2.75, 3.05) is 13.7 Å². The van der Waals surface area contributed by atoms with E-state index in [4.69, 9.17) is 15.0 Å². The molecule has 1 atom stereocenters. The summed E-state index contributed by atoms with van der Waals surface area (Å²) in [5, 5.41) is 14.7. The minimum absolute atomic E-state index is 0.0685. The highest BCUT2D eigenvalue weighted by Gasteiger charge is 2.19. The Balaban J connectivity index is 2.23. The van der Waals surface area contributed by atoms with Crippen molar-refractivity contribution in [3.05, 3.63) is 40.3 Å². The van der Waals surface area contributed by atoms with Gasteiger partial charge in [0.15, 0.2) is 0 Å². The maximum Gasteiger partial charge on any atom is 0.280 e. The maximum atomic E-state index is 10.9.